The van der Waals surface area contributed by atoms with Crippen LogP contribution in [0.3, 0.4) is 0 Å². The van der Waals surface area contributed by atoms with Gasteiger partial charge in [-0.3, -0.25) is 6.08 Å². The van der Waals surface area contributed by atoms with Crippen LogP contribution in [0.15, 0.2) is 18.2 Å². The van der Waals surface area contributed by atoms with Gasteiger partial charge in [0.2, 0.25) is 0 Å². The van der Waals surface area contributed by atoms with Gasteiger partial charge in [0.1, 0.15) is 8.96 Å². The van der Waals surface area contributed by atoms with Crippen molar-refractivity contribution < 1.29 is 46.5 Å². The molecule has 0 atom stereocenters. The summed E-state index contributed by atoms with van der Waals surface area (Å²) in [5.41, 5.74) is 0. The Labute approximate surface area is 185 Å². The van der Waals surface area contributed by atoms with Crippen molar-refractivity contribution in [3.63, 3.8) is 0 Å². The molecule has 24 heavy (non-hydrogen) atoms. The third kappa shape index (κ3) is 34.3. The molecule has 0 bridgehead atoms. The summed E-state index contributed by atoms with van der Waals surface area (Å²) in [5.74, 6) is 0. The third-order valence-corrected chi connectivity index (χ3v) is 4.49. The first-order chi connectivity index (χ1) is 8.22. The van der Waals surface area contributed by atoms with Crippen molar-refractivity contribution in [1.82, 2.24) is 4.57 Å². The van der Waals surface area contributed by atoms with E-state index in [2.05, 4.69) is 43.7 Å². The molecule has 0 N–H and O–H groups in total. The fraction of sp³-hybridized carbons (Fsp3) is 0.579. The van der Waals surface area contributed by atoms with E-state index in [1.807, 2.05) is 12.2 Å². The molecule has 0 aromatic carbocycles. The molecule has 0 amide bonds. The average Bonchev–Trinajstić information content (AvgIpc) is 2.87. The molecule has 0 spiro atoms. The van der Waals surface area contributed by atoms with Crippen LogP contribution < -0.4 is 24.8 Å². The third-order valence-electron chi connectivity index (χ3n) is 2.78. The van der Waals surface area contributed by atoms with E-state index in [0.717, 1.165) is 6.42 Å². The molecule has 0 saturated carbocycles. The van der Waals surface area contributed by atoms with Gasteiger partial charge in [-0.1, -0.05) is 39.8 Å². The minimum Gasteiger partial charge on any atom is -1.00 e. The zero-order valence-corrected chi connectivity index (χ0v) is 21.5. The van der Waals surface area contributed by atoms with Crippen LogP contribution in [0.5, 0.6) is 0 Å². The summed E-state index contributed by atoms with van der Waals surface area (Å²) < 4.78 is 2.69. The summed E-state index contributed by atoms with van der Waals surface area (Å²) in [6.07, 6.45) is 15.4. The monoisotopic (exact) mass is 429 g/mol. The normalized spacial score (nSPS) is 9.42. The van der Waals surface area contributed by atoms with E-state index in [4.69, 9.17) is 0 Å². The summed E-state index contributed by atoms with van der Waals surface area (Å²) in [5, 5.41) is 0. The van der Waals surface area contributed by atoms with Crippen molar-refractivity contribution in [2.24, 2.45) is 0 Å². The van der Waals surface area contributed by atoms with Crippen LogP contribution in [0, 0.1) is 35.8 Å². The first kappa shape index (κ1) is 49.8. The smallest absolute Gasteiger partial charge is 1.00 e. The molecule has 1 rings (SSSR count). The molecule has 0 aromatic rings. The van der Waals surface area contributed by atoms with E-state index in [1.165, 1.54) is 38.8 Å². The van der Waals surface area contributed by atoms with Crippen LogP contribution in [0.1, 0.15) is 46.0 Å². The number of hydrogen-bond donors (Lipinski definition) is 0. The van der Waals surface area contributed by atoms with Crippen LogP contribution in [0.4, 0.5) is 0 Å². The summed E-state index contributed by atoms with van der Waals surface area (Å²) in [4.78, 5) is 0. The van der Waals surface area contributed by atoms with Crippen molar-refractivity contribution >= 4 is 8.96 Å². The van der Waals surface area contributed by atoms with E-state index < -0.39 is 0 Å². The fourth-order valence-corrected chi connectivity index (χ4v) is 2.81. The maximum atomic E-state index is 2.99. The summed E-state index contributed by atoms with van der Waals surface area (Å²) >= 11 is 0. The molecule has 1 radical (unpaired) electrons. The quantitative estimate of drug-likeness (QED) is 0.414. The maximum Gasteiger partial charge on any atom is 2.00 e. The maximum absolute atomic E-state index is 2.99. The topological polar surface area (TPSA) is 3.24 Å². The van der Waals surface area contributed by atoms with Gasteiger partial charge in [0.15, 0.2) is 0 Å². The molecule has 5 heteroatoms. The van der Waals surface area contributed by atoms with Crippen LogP contribution >= 0.6 is 0 Å². The van der Waals surface area contributed by atoms with Gasteiger partial charge in [0.05, 0.1) is 0 Å². The van der Waals surface area contributed by atoms with E-state index in [-0.39, 0.29) is 85.2 Å². The molecule has 0 aliphatic heterocycles. The first-order valence-corrected chi connectivity index (χ1v) is 9.43. The van der Waals surface area contributed by atoms with Crippen LogP contribution in [-0.4, -0.2) is 26.6 Å². The first-order valence-electron chi connectivity index (χ1n) is 6.99. The predicted octanol–water partition coefficient (Wildman–Crippen LogP) is 0.252. The largest absolute Gasteiger partial charge is 2.00 e. The van der Waals surface area contributed by atoms with Gasteiger partial charge in [-0.2, -0.15) is 6.08 Å². The Morgan fingerprint density at radius 2 is 1.33 bits per heavy atom. The van der Waals surface area contributed by atoms with E-state index >= 15 is 0 Å². The summed E-state index contributed by atoms with van der Waals surface area (Å²) in [6, 6.07) is 0. The van der Waals surface area contributed by atoms with Crippen molar-refractivity contribution in [3.8, 4) is 0 Å². The number of rotatable bonds is 7. The summed E-state index contributed by atoms with van der Waals surface area (Å²) in [7, 11) is -0.185. The van der Waals surface area contributed by atoms with Gasteiger partial charge in [-0.25, -0.2) is 12.2 Å². The second-order valence-corrected chi connectivity index (χ2v) is 7.17. The van der Waals surface area contributed by atoms with Gasteiger partial charge in [0.25, 0.3) is 0 Å². The van der Waals surface area contributed by atoms with E-state index in [0.29, 0.717) is 0 Å². The zero-order valence-electron chi connectivity index (χ0n) is 17.4. The van der Waals surface area contributed by atoms with Gasteiger partial charge >= 0.3 is 21.7 Å². The zero-order chi connectivity index (χ0) is 12.9. The Kier molecular flexibility index (Phi) is 81.3. The van der Waals surface area contributed by atoms with Gasteiger partial charge in [0, 0.05) is 0 Å². The molecule has 0 saturated heterocycles. The van der Waals surface area contributed by atoms with Gasteiger partial charge in [-0.05, 0) is 25.9 Å². The minimum atomic E-state index is -0.185. The molecule has 0 aromatic heterocycles. The Hall–Kier alpha value is 0.951. The molecular weight excluding hydrogens is 389 g/mol. The standard InChI is InChI=1S/C10H24NSi.C5H5.4CH3.2ClH.Ti/c1-5-7-9-11(12(3)4)10-8-6-2;1-2-4-5-3-1;;;;;;;/h5-10H2,1-4H3;1-3H,4H2;4*1H3;2*1H;/q;5*-1;;;+2/p-2. The SMILES string of the molecule is CCCCN(CCCC)[Si](C)C.[C-]1=CC=CC1.[CH3-].[CH3-].[CH3-].[CH3-].[Cl-].[Cl-].[Ti+2]. The second-order valence-electron chi connectivity index (χ2n) is 4.64. The molecule has 1 nitrogen and oxygen atoms in total. The summed E-state index contributed by atoms with van der Waals surface area (Å²) in [6.45, 7) is 12.0. The molecular formula is C19H41Cl2NSiTi-5. The Morgan fingerprint density at radius 1 is 0.917 bits per heavy atom. The molecule has 0 heterocycles. The fourth-order valence-electron chi connectivity index (χ4n) is 1.60. The van der Waals surface area contributed by atoms with Crippen molar-refractivity contribution in [3.05, 3.63) is 54.0 Å². The Balaban J connectivity index is -0.0000000315. The number of hydrogen-bond acceptors (Lipinski definition) is 1. The second kappa shape index (κ2) is 39.2. The van der Waals surface area contributed by atoms with Crippen molar-refractivity contribution in [2.45, 2.75) is 59.0 Å². The van der Waals surface area contributed by atoms with Crippen molar-refractivity contribution in [1.29, 1.82) is 0 Å². The number of halogens is 2. The van der Waals surface area contributed by atoms with Gasteiger partial charge < -0.3 is 59.1 Å². The van der Waals surface area contributed by atoms with Gasteiger partial charge in [-0.15, -0.1) is 6.42 Å². The predicted molar refractivity (Wildman–Crippen MR) is 106 cm³/mol. The number of unbranched alkanes of at least 4 members (excludes halogenated alkanes) is 2. The van der Waals surface area contributed by atoms with E-state index in [1.54, 1.807) is 0 Å². The van der Waals surface area contributed by atoms with Crippen molar-refractivity contribution in [2.75, 3.05) is 13.1 Å². The van der Waals surface area contributed by atoms with Crippen LogP contribution in [0.2, 0.25) is 13.1 Å². The van der Waals surface area contributed by atoms with Crippen LogP contribution in [-0.2, 0) is 21.7 Å². The van der Waals surface area contributed by atoms with E-state index in [9.17, 15) is 0 Å². The number of nitrogens with zero attached hydrogens (tertiary/aromatic N) is 1. The average molecular weight is 430 g/mol. The molecule has 149 valence electrons. The Bertz CT molecular complexity index is 207. The molecule has 1 aliphatic carbocycles. The Morgan fingerprint density at radius 3 is 1.50 bits per heavy atom. The molecule has 1 aliphatic rings. The molecule has 0 unspecified atom stereocenters. The van der Waals surface area contributed by atoms with Crippen LogP contribution in [0.25, 0.3) is 0 Å². The molecule has 0 fully saturated rings. The number of allylic oxidation sites excluding steroid dienone is 4. The minimum absolute atomic E-state index is 0.